The number of amides is 1. The van der Waals surface area contributed by atoms with Gasteiger partial charge in [0, 0.05) is 37.8 Å². The lowest BCUT2D eigenvalue weighted by molar-refractivity contribution is -0.116. The number of hydrogen-bond acceptors (Lipinski definition) is 6. The summed E-state index contributed by atoms with van der Waals surface area (Å²) in [5.74, 6) is 1.24. The molecule has 0 unspecified atom stereocenters. The lowest BCUT2D eigenvalue weighted by atomic mass is 9.74. The minimum absolute atomic E-state index is 0.191. The van der Waals surface area contributed by atoms with Crippen molar-refractivity contribution in [3.05, 3.63) is 59.7 Å². The van der Waals surface area contributed by atoms with Crippen LogP contribution in [0.25, 0.3) is 6.08 Å². The summed E-state index contributed by atoms with van der Waals surface area (Å²) in [7, 11) is -3.50. The Kier molecular flexibility index (Phi) is 7.02. The van der Waals surface area contributed by atoms with Gasteiger partial charge in [0.2, 0.25) is 22.7 Å². The molecule has 0 aromatic heterocycles. The molecule has 2 aliphatic heterocycles. The molecular weight excluding hydrogens is 444 g/mol. The Morgan fingerprint density at radius 2 is 1.79 bits per heavy atom. The maximum Gasteiger partial charge on any atom is 0.244 e. The van der Waals surface area contributed by atoms with Crippen LogP contribution in [0.3, 0.4) is 0 Å². The van der Waals surface area contributed by atoms with E-state index < -0.39 is 10.0 Å². The van der Waals surface area contributed by atoms with Crippen LogP contribution >= 0.6 is 0 Å². The summed E-state index contributed by atoms with van der Waals surface area (Å²) in [6.07, 6.45) is 4.70. The van der Waals surface area contributed by atoms with Crippen molar-refractivity contribution in [1.29, 1.82) is 0 Å². The van der Waals surface area contributed by atoms with Crippen molar-refractivity contribution in [1.82, 2.24) is 10.0 Å². The fourth-order valence-electron chi connectivity index (χ4n) is 4.07. The largest absolute Gasteiger partial charge is 0.454 e. The number of rotatable bonds is 8. The van der Waals surface area contributed by atoms with Crippen molar-refractivity contribution in [2.24, 2.45) is 0 Å². The fraction of sp³-hybridized carbons (Fsp3) is 0.375. The molecule has 176 valence electrons. The van der Waals surface area contributed by atoms with Crippen LogP contribution < -0.4 is 19.5 Å². The Morgan fingerprint density at radius 3 is 2.52 bits per heavy atom. The summed E-state index contributed by atoms with van der Waals surface area (Å²) in [6.45, 7) is 4.00. The molecule has 2 aromatic carbocycles. The van der Waals surface area contributed by atoms with Crippen LogP contribution in [0.15, 0.2) is 53.4 Å². The van der Waals surface area contributed by atoms with E-state index in [4.69, 9.17) is 14.2 Å². The van der Waals surface area contributed by atoms with E-state index in [0.717, 1.165) is 35.5 Å². The standard InChI is InChI=1S/C24H28N2O6S/c1-2-26-33(28,29)20-7-3-18(4-8-20)5-10-23(27)25-16-24(11-13-30-14-12-24)19-6-9-21-22(15-19)32-17-31-21/h3-10,15,26H,2,11-14,16-17H2,1H3,(H,25,27)/b10-5+. The van der Waals surface area contributed by atoms with E-state index in [0.29, 0.717) is 26.3 Å². The summed E-state index contributed by atoms with van der Waals surface area (Å²) >= 11 is 0. The van der Waals surface area contributed by atoms with E-state index in [9.17, 15) is 13.2 Å². The summed E-state index contributed by atoms with van der Waals surface area (Å²) in [5.41, 5.74) is 1.58. The molecule has 2 aliphatic rings. The molecule has 1 fully saturated rings. The summed E-state index contributed by atoms with van der Waals surface area (Å²) in [5, 5.41) is 3.02. The number of hydrogen-bond donors (Lipinski definition) is 2. The molecular formula is C24H28N2O6S. The predicted molar refractivity (Wildman–Crippen MR) is 124 cm³/mol. The predicted octanol–water partition coefficient (Wildman–Crippen LogP) is 2.59. The minimum Gasteiger partial charge on any atom is -0.454 e. The van der Waals surface area contributed by atoms with Gasteiger partial charge >= 0.3 is 0 Å². The number of sulfonamides is 1. The third kappa shape index (κ3) is 5.38. The van der Waals surface area contributed by atoms with Gasteiger partial charge in [-0.2, -0.15) is 0 Å². The van der Waals surface area contributed by atoms with Crippen LogP contribution in [0.5, 0.6) is 11.5 Å². The van der Waals surface area contributed by atoms with E-state index >= 15 is 0 Å². The molecule has 1 saturated heterocycles. The van der Waals surface area contributed by atoms with E-state index in [1.54, 1.807) is 25.1 Å². The quantitative estimate of drug-likeness (QED) is 0.573. The molecule has 9 heteroatoms. The van der Waals surface area contributed by atoms with Crippen molar-refractivity contribution in [2.45, 2.75) is 30.1 Å². The topological polar surface area (TPSA) is 103 Å². The molecule has 0 aliphatic carbocycles. The molecule has 0 bridgehead atoms. The highest BCUT2D eigenvalue weighted by atomic mass is 32.2. The first-order chi connectivity index (χ1) is 15.9. The van der Waals surface area contributed by atoms with Gasteiger partial charge in [-0.3, -0.25) is 4.79 Å². The molecule has 2 heterocycles. The second-order valence-corrected chi connectivity index (χ2v) is 9.85. The van der Waals surface area contributed by atoms with Crippen LogP contribution in [0.2, 0.25) is 0 Å². The first-order valence-electron chi connectivity index (χ1n) is 11.0. The summed E-state index contributed by atoms with van der Waals surface area (Å²) in [6, 6.07) is 12.3. The summed E-state index contributed by atoms with van der Waals surface area (Å²) in [4.78, 5) is 12.7. The van der Waals surface area contributed by atoms with Crippen LogP contribution in [0.1, 0.15) is 30.9 Å². The molecule has 0 atom stereocenters. The average molecular weight is 473 g/mol. The molecule has 1 amide bonds. The van der Waals surface area contributed by atoms with Gasteiger partial charge in [-0.1, -0.05) is 25.1 Å². The van der Waals surface area contributed by atoms with E-state index in [1.807, 2.05) is 18.2 Å². The molecule has 8 nitrogen and oxygen atoms in total. The lowest BCUT2D eigenvalue weighted by Crippen LogP contribution is -2.44. The van der Waals surface area contributed by atoms with Gasteiger partial charge in [0.15, 0.2) is 11.5 Å². The Morgan fingerprint density at radius 1 is 1.06 bits per heavy atom. The number of nitrogens with one attached hydrogen (secondary N) is 2. The molecule has 0 saturated carbocycles. The first-order valence-corrected chi connectivity index (χ1v) is 12.4. The Hall–Kier alpha value is -2.88. The van der Waals surface area contributed by atoms with E-state index in [-0.39, 0.29) is 23.0 Å². The third-order valence-corrected chi connectivity index (χ3v) is 7.55. The van der Waals surface area contributed by atoms with Gasteiger partial charge in [0.25, 0.3) is 0 Å². The molecule has 0 radical (unpaired) electrons. The maximum atomic E-state index is 12.6. The normalized spacial score (nSPS) is 17.2. The number of benzene rings is 2. The lowest BCUT2D eigenvalue weighted by Gasteiger charge is -2.38. The van der Waals surface area contributed by atoms with Crippen molar-refractivity contribution >= 4 is 22.0 Å². The second-order valence-electron chi connectivity index (χ2n) is 8.08. The van der Waals surface area contributed by atoms with Gasteiger partial charge in [-0.15, -0.1) is 0 Å². The van der Waals surface area contributed by atoms with Crippen LogP contribution in [-0.2, 0) is 25.0 Å². The van der Waals surface area contributed by atoms with Crippen LogP contribution in [-0.4, -0.2) is 47.4 Å². The van der Waals surface area contributed by atoms with Gasteiger partial charge in [-0.05, 0) is 54.3 Å². The van der Waals surface area contributed by atoms with Crippen molar-refractivity contribution in [3.63, 3.8) is 0 Å². The number of carbonyl (C=O) groups is 1. The Bertz CT molecular complexity index is 1120. The van der Waals surface area contributed by atoms with Gasteiger partial charge in [0.05, 0.1) is 4.90 Å². The second kappa shape index (κ2) is 9.94. The highest BCUT2D eigenvalue weighted by molar-refractivity contribution is 7.89. The monoisotopic (exact) mass is 472 g/mol. The first kappa shape index (κ1) is 23.3. The molecule has 0 spiro atoms. The Balaban J connectivity index is 1.41. The number of carbonyl (C=O) groups excluding carboxylic acids is 1. The average Bonchev–Trinajstić information content (AvgIpc) is 3.30. The zero-order valence-corrected chi connectivity index (χ0v) is 19.3. The Labute approximate surface area is 194 Å². The molecule has 4 rings (SSSR count). The van der Waals surface area contributed by atoms with E-state index in [2.05, 4.69) is 10.0 Å². The highest BCUT2D eigenvalue weighted by Gasteiger charge is 2.36. The van der Waals surface area contributed by atoms with Gasteiger partial charge in [-0.25, -0.2) is 13.1 Å². The SMILES string of the molecule is CCNS(=O)(=O)c1ccc(/C=C/C(=O)NCC2(c3ccc4c(c3)OCO4)CCOCC2)cc1. The van der Waals surface area contributed by atoms with E-state index in [1.165, 1.54) is 18.2 Å². The van der Waals surface area contributed by atoms with Crippen molar-refractivity contribution in [2.75, 3.05) is 33.1 Å². The van der Waals surface area contributed by atoms with Crippen LogP contribution in [0, 0.1) is 0 Å². The summed E-state index contributed by atoms with van der Waals surface area (Å²) < 4.78 is 43.1. The number of fused-ring (bicyclic) bond motifs is 1. The zero-order valence-electron chi connectivity index (χ0n) is 18.5. The number of ether oxygens (including phenoxy) is 3. The zero-order chi connectivity index (χ0) is 23.3. The molecule has 33 heavy (non-hydrogen) atoms. The smallest absolute Gasteiger partial charge is 0.244 e. The fourth-order valence-corrected chi connectivity index (χ4v) is 5.12. The maximum absolute atomic E-state index is 12.6. The third-order valence-electron chi connectivity index (χ3n) is 5.99. The van der Waals surface area contributed by atoms with Crippen LogP contribution in [0.4, 0.5) is 0 Å². The highest BCUT2D eigenvalue weighted by Crippen LogP contribution is 2.40. The minimum atomic E-state index is -3.50. The molecule has 2 aromatic rings. The van der Waals surface area contributed by atoms with Gasteiger partial charge < -0.3 is 19.5 Å². The van der Waals surface area contributed by atoms with Gasteiger partial charge in [0.1, 0.15) is 0 Å². The van der Waals surface area contributed by atoms with Crippen molar-refractivity contribution in [3.8, 4) is 11.5 Å². The van der Waals surface area contributed by atoms with Crippen molar-refractivity contribution < 1.29 is 27.4 Å². The molecule has 2 N–H and O–H groups in total.